The van der Waals surface area contributed by atoms with E-state index in [1.54, 1.807) is 7.11 Å². The zero-order valence-electron chi connectivity index (χ0n) is 29.1. The summed E-state index contributed by atoms with van der Waals surface area (Å²) >= 11 is 0. The highest BCUT2D eigenvalue weighted by Crippen LogP contribution is 2.54. The van der Waals surface area contributed by atoms with Gasteiger partial charge in [-0.3, -0.25) is 0 Å². The molecule has 51 heavy (non-hydrogen) atoms. The number of ether oxygens (including phenoxy) is 1. The average Bonchev–Trinajstić information content (AvgIpc) is 3.38. The zero-order valence-corrected chi connectivity index (χ0v) is 30.9. The Bertz CT molecular complexity index is 2210. The van der Waals surface area contributed by atoms with E-state index in [-0.39, 0.29) is 0 Å². The molecule has 0 fully saturated rings. The lowest BCUT2D eigenvalue weighted by atomic mass is 9.99. The Balaban J connectivity index is 1.33. The molecule has 2 heterocycles. The molecule has 7 rings (SSSR count). The molecule has 5 aromatic rings. The van der Waals surface area contributed by atoms with Gasteiger partial charge in [-0.2, -0.15) is 0 Å². The van der Waals surface area contributed by atoms with Gasteiger partial charge in [0.2, 0.25) is 0 Å². The van der Waals surface area contributed by atoms with Crippen molar-refractivity contribution in [2.75, 3.05) is 7.11 Å². The van der Waals surface area contributed by atoms with E-state index in [9.17, 15) is 0 Å². The van der Waals surface area contributed by atoms with E-state index in [1.165, 1.54) is 0 Å². The summed E-state index contributed by atoms with van der Waals surface area (Å²) in [5.41, 5.74) is 6.41. The first kappa shape index (κ1) is 34.4. The fourth-order valence-corrected chi connectivity index (χ4v) is 8.19. The molecule has 2 atom stereocenters. The molecule has 0 saturated carbocycles. The standard InChI is InChI=1S/C42H40O7P2/c1-5-6-9-17-32-28-31-16-12-14-20-37(31)45-50(44-32)49-42-36(26-30(3)27-41(42)43-4)35-25-29(2)23-24-40(35)48-51-46-38-21-11-8-7-10-18-33(38)34-19-13-15-22-39(34)47-51/h6-9,11-17,19-27H,5,10,18,28H2,1-4H3/b8-7-,9-6-,21-11-,32-17+. The molecule has 7 nitrogen and oxygen atoms in total. The third kappa shape index (κ3) is 7.96. The summed E-state index contributed by atoms with van der Waals surface area (Å²) in [4.78, 5) is 0. The van der Waals surface area contributed by atoms with Crippen LogP contribution in [0.5, 0.6) is 23.0 Å². The van der Waals surface area contributed by atoms with Crippen LogP contribution in [-0.4, -0.2) is 7.11 Å². The summed E-state index contributed by atoms with van der Waals surface area (Å²) in [5.74, 6) is 3.82. The van der Waals surface area contributed by atoms with Crippen LogP contribution < -0.4 is 18.3 Å². The smallest absolute Gasteiger partial charge is 0.493 e. The molecule has 1 aromatic heterocycles. The van der Waals surface area contributed by atoms with Crippen molar-refractivity contribution in [3.05, 3.63) is 149 Å². The van der Waals surface area contributed by atoms with Crippen molar-refractivity contribution in [3.8, 4) is 34.1 Å². The van der Waals surface area contributed by atoms with Gasteiger partial charge < -0.3 is 31.2 Å². The van der Waals surface area contributed by atoms with Crippen molar-refractivity contribution in [3.63, 3.8) is 0 Å². The number of hydrogen-bond donors (Lipinski definition) is 0. The SMILES string of the molecule is CC/C=C\C=C1/Cc2ccccc2OP(Oc2c(OC)cc(C)cc2-c2cc(C)ccc2Op2oc3c(c4ccccc4o2)CC/C=C\C=C/3)O1. The number of aryl methyl sites for hydroxylation is 3. The van der Waals surface area contributed by atoms with Gasteiger partial charge in [0.1, 0.15) is 28.6 Å². The maximum atomic E-state index is 6.73. The second-order valence-corrected chi connectivity index (χ2v) is 14.2. The fraction of sp³-hybridized carbons (Fsp3) is 0.190. The Hall–Kier alpha value is -5.09. The van der Waals surface area contributed by atoms with Crippen LogP contribution in [-0.2, 0) is 17.4 Å². The van der Waals surface area contributed by atoms with Crippen molar-refractivity contribution in [2.45, 2.75) is 46.5 Å². The summed E-state index contributed by atoms with van der Waals surface area (Å²) in [7, 11) is -2.19. The summed E-state index contributed by atoms with van der Waals surface area (Å²) in [5, 5.41) is 1.01. The monoisotopic (exact) mass is 718 g/mol. The first-order valence-corrected chi connectivity index (χ1v) is 19.2. The van der Waals surface area contributed by atoms with Crippen LogP contribution in [0.1, 0.15) is 47.8 Å². The van der Waals surface area contributed by atoms with E-state index in [2.05, 4.69) is 37.3 Å². The fourth-order valence-electron chi connectivity index (χ4n) is 6.00. The Morgan fingerprint density at radius 2 is 1.67 bits per heavy atom. The molecule has 2 aliphatic rings. The minimum absolute atomic E-state index is 0.480. The Morgan fingerprint density at radius 3 is 2.55 bits per heavy atom. The third-order valence-electron chi connectivity index (χ3n) is 8.45. The van der Waals surface area contributed by atoms with Gasteiger partial charge in [-0.1, -0.05) is 85.3 Å². The Labute approximate surface area is 301 Å². The predicted molar refractivity (Wildman–Crippen MR) is 206 cm³/mol. The molecule has 0 amide bonds. The van der Waals surface area contributed by atoms with Crippen molar-refractivity contribution in [2.24, 2.45) is 0 Å². The highest BCUT2D eigenvalue weighted by atomic mass is 31.2. The number of benzene rings is 4. The van der Waals surface area contributed by atoms with E-state index in [1.807, 2.05) is 105 Å². The van der Waals surface area contributed by atoms with Crippen molar-refractivity contribution < 1.29 is 31.2 Å². The van der Waals surface area contributed by atoms with Gasteiger partial charge in [-0.05, 0) is 87.2 Å². The molecule has 1 aliphatic heterocycles. The molecule has 1 aliphatic carbocycles. The number of hydrogen-bond acceptors (Lipinski definition) is 7. The molecular formula is C42H40O7P2. The number of fused-ring (bicyclic) bond motifs is 4. The van der Waals surface area contributed by atoms with Gasteiger partial charge in [-0.15, -0.1) is 0 Å². The average molecular weight is 719 g/mol. The van der Waals surface area contributed by atoms with Gasteiger partial charge >= 0.3 is 16.8 Å². The molecule has 9 heteroatoms. The highest BCUT2D eigenvalue weighted by Gasteiger charge is 2.30. The van der Waals surface area contributed by atoms with E-state index in [0.29, 0.717) is 23.7 Å². The van der Waals surface area contributed by atoms with Crippen LogP contribution >= 0.6 is 16.8 Å². The topological polar surface area (TPSA) is 72.4 Å². The minimum atomic E-state index is -1.93. The summed E-state index contributed by atoms with van der Waals surface area (Å²) in [6, 6.07) is 26.0. The van der Waals surface area contributed by atoms with Crippen molar-refractivity contribution >= 4 is 33.9 Å². The van der Waals surface area contributed by atoms with E-state index >= 15 is 0 Å². The van der Waals surface area contributed by atoms with Gasteiger partial charge in [0.15, 0.2) is 11.5 Å². The van der Waals surface area contributed by atoms with Crippen LogP contribution in [0.3, 0.4) is 0 Å². The molecule has 0 spiro atoms. The number of methoxy groups -OCH3 is 1. The second-order valence-electron chi connectivity index (χ2n) is 12.3. The normalized spacial score (nSPS) is 17.6. The quantitative estimate of drug-likeness (QED) is 0.148. The van der Waals surface area contributed by atoms with E-state index < -0.39 is 16.8 Å². The summed E-state index contributed by atoms with van der Waals surface area (Å²) < 4.78 is 45.3. The van der Waals surface area contributed by atoms with Crippen molar-refractivity contribution in [1.82, 2.24) is 0 Å². The molecule has 0 saturated heterocycles. The van der Waals surface area contributed by atoms with Gasteiger partial charge in [0.05, 0.1) is 7.11 Å². The zero-order chi connectivity index (χ0) is 35.2. The molecule has 0 radical (unpaired) electrons. The Kier molecular flexibility index (Phi) is 10.7. The number of allylic oxidation sites excluding steroid dienone is 7. The Morgan fingerprint density at radius 1 is 0.824 bits per heavy atom. The number of rotatable bonds is 8. The van der Waals surface area contributed by atoms with Gasteiger partial charge in [0, 0.05) is 34.1 Å². The van der Waals surface area contributed by atoms with Crippen LogP contribution in [0.25, 0.3) is 28.2 Å². The molecule has 0 N–H and O–H groups in total. The van der Waals surface area contributed by atoms with Crippen LogP contribution in [0.15, 0.2) is 129 Å². The molecule has 2 unspecified atom stereocenters. The second kappa shape index (κ2) is 15.9. The van der Waals surface area contributed by atoms with Crippen LogP contribution in [0.2, 0.25) is 0 Å². The maximum Gasteiger partial charge on any atom is 0.530 e. The lowest BCUT2D eigenvalue weighted by Gasteiger charge is -2.21. The largest absolute Gasteiger partial charge is 0.530 e. The molecule has 260 valence electrons. The highest BCUT2D eigenvalue weighted by molar-refractivity contribution is 7.42. The predicted octanol–water partition coefficient (Wildman–Crippen LogP) is 12.9. The molecular weight excluding hydrogens is 678 g/mol. The summed E-state index contributed by atoms with van der Waals surface area (Å²) in [6.45, 7) is 6.17. The van der Waals surface area contributed by atoms with Crippen LogP contribution in [0, 0.1) is 13.8 Å². The maximum absolute atomic E-state index is 6.73. The molecule has 0 bridgehead atoms. The van der Waals surface area contributed by atoms with Gasteiger partial charge in [0.25, 0.3) is 0 Å². The minimum Gasteiger partial charge on any atom is -0.493 e. The molecule has 4 aromatic carbocycles. The van der Waals surface area contributed by atoms with E-state index in [0.717, 1.165) is 80.9 Å². The third-order valence-corrected chi connectivity index (χ3v) is 10.5. The van der Waals surface area contributed by atoms with Crippen molar-refractivity contribution in [1.29, 1.82) is 0 Å². The van der Waals surface area contributed by atoms with E-state index in [4.69, 9.17) is 31.2 Å². The van der Waals surface area contributed by atoms with Crippen LogP contribution in [0.4, 0.5) is 0 Å². The lowest BCUT2D eigenvalue weighted by Crippen LogP contribution is -2.02. The lowest BCUT2D eigenvalue weighted by molar-refractivity contribution is 0.325. The first-order valence-electron chi connectivity index (χ1n) is 17.1. The van der Waals surface area contributed by atoms with Gasteiger partial charge in [-0.25, -0.2) is 0 Å². The first-order chi connectivity index (χ1) is 25.0. The summed E-state index contributed by atoms with van der Waals surface area (Å²) in [6.07, 6.45) is 17.5. The number of para-hydroxylation sites is 2.